The van der Waals surface area contributed by atoms with Gasteiger partial charge in [-0.1, -0.05) is 33.6 Å². The molecule has 3 nitrogen and oxygen atoms in total. The molecule has 100 valence electrons. The number of hydrogen-bond donors (Lipinski definition) is 2. The Kier molecular flexibility index (Phi) is 4.99. The summed E-state index contributed by atoms with van der Waals surface area (Å²) in [6.45, 7) is 7.98. The SMILES string of the molecule is CC(C)(CCCN)CNC(=O)C1(C)CCCC1. The highest BCUT2D eigenvalue weighted by Crippen LogP contribution is 2.37. The van der Waals surface area contributed by atoms with Crippen LogP contribution in [-0.2, 0) is 4.79 Å². The fourth-order valence-corrected chi connectivity index (χ4v) is 2.58. The second-order valence-electron chi connectivity index (χ2n) is 6.51. The van der Waals surface area contributed by atoms with Gasteiger partial charge in [-0.2, -0.15) is 0 Å². The van der Waals surface area contributed by atoms with Gasteiger partial charge in [-0.3, -0.25) is 4.79 Å². The van der Waals surface area contributed by atoms with Gasteiger partial charge in [0, 0.05) is 12.0 Å². The average molecular weight is 240 g/mol. The van der Waals surface area contributed by atoms with Crippen LogP contribution in [0.3, 0.4) is 0 Å². The first-order valence-corrected chi connectivity index (χ1v) is 6.88. The molecule has 0 heterocycles. The molecule has 0 unspecified atom stereocenters. The number of nitrogens with two attached hydrogens (primary N) is 1. The van der Waals surface area contributed by atoms with E-state index in [-0.39, 0.29) is 16.7 Å². The van der Waals surface area contributed by atoms with E-state index < -0.39 is 0 Å². The van der Waals surface area contributed by atoms with Gasteiger partial charge in [-0.15, -0.1) is 0 Å². The lowest BCUT2D eigenvalue weighted by molar-refractivity contribution is -0.130. The normalized spacial score (nSPS) is 19.3. The molecule has 1 fully saturated rings. The summed E-state index contributed by atoms with van der Waals surface area (Å²) in [6.07, 6.45) is 6.58. The van der Waals surface area contributed by atoms with Crippen molar-refractivity contribution in [2.75, 3.05) is 13.1 Å². The molecule has 1 amide bonds. The molecule has 0 aromatic rings. The topological polar surface area (TPSA) is 55.1 Å². The molecule has 0 aliphatic heterocycles. The van der Waals surface area contributed by atoms with Crippen LogP contribution in [0.1, 0.15) is 59.3 Å². The fraction of sp³-hybridized carbons (Fsp3) is 0.929. The van der Waals surface area contributed by atoms with E-state index in [1.807, 2.05) is 0 Å². The Labute approximate surface area is 106 Å². The molecule has 1 saturated carbocycles. The molecule has 0 aromatic carbocycles. The van der Waals surface area contributed by atoms with E-state index in [0.29, 0.717) is 0 Å². The Morgan fingerprint density at radius 3 is 2.47 bits per heavy atom. The van der Waals surface area contributed by atoms with Crippen LogP contribution in [0.4, 0.5) is 0 Å². The van der Waals surface area contributed by atoms with Gasteiger partial charge in [-0.05, 0) is 37.6 Å². The Bertz CT molecular complexity index is 255. The molecule has 0 spiro atoms. The lowest BCUT2D eigenvalue weighted by atomic mass is 9.85. The molecule has 0 saturated heterocycles. The van der Waals surface area contributed by atoms with Crippen molar-refractivity contribution in [1.29, 1.82) is 0 Å². The molecular weight excluding hydrogens is 212 g/mol. The first-order chi connectivity index (χ1) is 7.90. The summed E-state index contributed by atoms with van der Waals surface area (Å²) in [5.41, 5.74) is 5.57. The van der Waals surface area contributed by atoms with Gasteiger partial charge in [0.2, 0.25) is 5.91 Å². The van der Waals surface area contributed by atoms with Gasteiger partial charge >= 0.3 is 0 Å². The minimum Gasteiger partial charge on any atom is -0.355 e. The maximum atomic E-state index is 12.2. The van der Waals surface area contributed by atoms with Crippen molar-refractivity contribution in [3.63, 3.8) is 0 Å². The highest BCUT2D eigenvalue weighted by atomic mass is 16.2. The summed E-state index contributed by atoms with van der Waals surface area (Å²) in [5.74, 6) is 0.246. The van der Waals surface area contributed by atoms with Crippen molar-refractivity contribution < 1.29 is 4.79 Å². The summed E-state index contributed by atoms with van der Waals surface area (Å²) >= 11 is 0. The number of hydrogen-bond acceptors (Lipinski definition) is 2. The van der Waals surface area contributed by atoms with Crippen LogP contribution in [0.5, 0.6) is 0 Å². The van der Waals surface area contributed by atoms with Gasteiger partial charge in [0.25, 0.3) is 0 Å². The van der Waals surface area contributed by atoms with Crippen molar-refractivity contribution in [3.8, 4) is 0 Å². The predicted molar refractivity (Wildman–Crippen MR) is 71.7 cm³/mol. The molecule has 3 heteroatoms. The highest BCUT2D eigenvalue weighted by Gasteiger charge is 2.36. The molecule has 0 bridgehead atoms. The van der Waals surface area contributed by atoms with Crippen LogP contribution in [0.25, 0.3) is 0 Å². The van der Waals surface area contributed by atoms with E-state index in [1.165, 1.54) is 12.8 Å². The van der Waals surface area contributed by atoms with Crippen molar-refractivity contribution in [2.24, 2.45) is 16.6 Å². The molecule has 0 aromatic heterocycles. The third kappa shape index (κ3) is 4.30. The van der Waals surface area contributed by atoms with Gasteiger partial charge in [0.15, 0.2) is 0 Å². The zero-order chi connectivity index (χ0) is 12.9. The Morgan fingerprint density at radius 2 is 1.94 bits per heavy atom. The van der Waals surface area contributed by atoms with Gasteiger partial charge in [-0.25, -0.2) is 0 Å². The zero-order valence-corrected chi connectivity index (χ0v) is 11.6. The van der Waals surface area contributed by atoms with E-state index in [0.717, 1.165) is 38.8 Å². The molecule has 1 aliphatic rings. The number of amides is 1. The lowest BCUT2D eigenvalue weighted by Crippen LogP contribution is -2.41. The van der Waals surface area contributed by atoms with Crippen molar-refractivity contribution in [2.45, 2.75) is 59.3 Å². The molecule has 0 radical (unpaired) electrons. The number of rotatable bonds is 6. The predicted octanol–water partition coefficient (Wildman–Crippen LogP) is 2.45. The standard InChI is InChI=1S/C14H28N2O/c1-13(2,7-6-10-15)11-16-12(17)14(3)8-4-5-9-14/h4-11,15H2,1-3H3,(H,16,17). The maximum Gasteiger partial charge on any atom is 0.225 e. The zero-order valence-electron chi connectivity index (χ0n) is 11.6. The molecule has 0 atom stereocenters. The average Bonchev–Trinajstić information content (AvgIpc) is 2.72. The molecular formula is C14H28N2O. The summed E-state index contributed by atoms with van der Waals surface area (Å²) in [4.78, 5) is 12.2. The smallest absolute Gasteiger partial charge is 0.225 e. The van der Waals surface area contributed by atoms with E-state index in [4.69, 9.17) is 5.73 Å². The van der Waals surface area contributed by atoms with Crippen molar-refractivity contribution in [1.82, 2.24) is 5.32 Å². The van der Waals surface area contributed by atoms with Crippen LogP contribution < -0.4 is 11.1 Å². The number of carbonyl (C=O) groups is 1. The third-order valence-corrected chi connectivity index (χ3v) is 4.04. The van der Waals surface area contributed by atoms with Gasteiger partial charge < -0.3 is 11.1 Å². The maximum absolute atomic E-state index is 12.2. The van der Waals surface area contributed by atoms with Crippen LogP contribution in [0, 0.1) is 10.8 Å². The highest BCUT2D eigenvalue weighted by molar-refractivity contribution is 5.82. The lowest BCUT2D eigenvalue weighted by Gasteiger charge is -2.28. The summed E-state index contributed by atoms with van der Waals surface area (Å²) in [7, 11) is 0. The number of carbonyl (C=O) groups excluding carboxylic acids is 1. The third-order valence-electron chi connectivity index (χ3n) is 4.04. The van der Waals surface area contributed by atoms with Crippen molar-refractivity contribution >= 4 is 5.91 Å². The summed E-state index contributed by atoms with van der Waals surface area (Å²) in [6, 6.07) is 0. The molecule has 17 heavy (non-hydrogen) atoms. The Hall–Kier alpha value is -0.570. The Balaban J connectivity index is 2.36. The van der Waals surface area contributed by atoms with Crippen LogP contribution in [0.2, 0.25) is 0 Å². The first kappa shape index (κ1) is 14.5. The molecule has 1 aliphatic carbocycles. The van der Waals surface area contributed by atoms with Crippen molar-refractivity contribution in [3.05, 3.63) is 0 Å². The van der Waals surface area contributed by atoms with E-state index in [1.54, 1.807) is 0 Å². The Morgan fingerprint density at radius 1 is 1.35 bits per heavy atom. The molecule has 1 rings (SSSR count). The van der Waals surface area contributed by atoms with Gasteiger partial charge in [0.1, 0.15) is 0 Å². The second kappa shape index (κ2) is 5.85. The van der Waals surface area contributed by atoms with Crippen LogP contribution in [0.15, 0.2) is 0 Å². The minimum atomic E-state index is -0.107. The van der Waals surface area contributed by atoms with E-state index in [2.05, 4.69) is 26.1 Å². The quantitative estimate of drug-likeness (QED) is 0.749. The van der Waals surface area contributed by atoms with Crippen LogP contribution in [-0.4, -0.2) is 19.0 Å². The summed E-state index contributed by atoms with van der Waals surface area (Å²) < 4.78 is 0. The summed E-state index contributed by atoms with van der Waals surface area (Å²) in [5, 5.41) is 3.13. The fourth-order valence-electron chi connectivity index (χ4n) is 2.58. The number of nitrogens with one attached hydrogen (secondary N) is 1. The largest absolute Gasteiger partial charge is 0.355 e. The first-order valence-electron chi connectivity index (χ1n) is 6.88. The molecule has 3 N–H and O–H groups in total. The second-order valence-corrected chi connectivity index (χ2v) is 6.51. The monoisotopic (exact) mass is 240 g/mol. The van der Waals surface area contributed by atoms with E-state index in [9.17, 15) is 4.79 Å². The van der Waals surface area contributed by atoms with Crippen LogP contribution >= 0.6 is 0 Å². The minimum absolute atomic E-state index is 0.107. The van der Waals surface area contributed by atoms with Gasteiger partial charge in [0.05, 0.1) is 0 Å². The van der Waals surface area contributed by atoms with E-state index >= 15 is 0 Å².